The first kappa shape index (κ1) is 15.2. The van der Waals surface area contributed by atoms with Crippen molar-refractivity contribution >= 4 is 17.2 Å². The monoisotopic (exact) mass is 320 g/mol. The molecule has 3 rings (SSSR count). The van der Waals surface area contributed by atoms with Gasteiger partial charge in [-0.15, -0.1) is 16.4 Å². The summed E-state index contributed by atoms with van der Waals surface area (Å²) in [6, 6.07) is 3.98. The zero-order valence-corrected chi connectivity index (χ0v) is 13.3. The van der Waals surface area contributed by atoms with Crippen LogP contribution in [0.5, 0.6) is 0 Å². The predicted octanol–water partition coefficient (Wildman–Crippen LogP) is 2.05. The van der Waals surface area contributed by atoms with Gasteiger partial charge in [0.1, 0.15) is 5.69 Å². The molecule has 2 aromatic heterocycles. The average Bonchev–Trinajstić information content (AvgIpc) is 3.16. The Bertz CT molecular complexity index is 652. The van der Waals surface area contributed by atoms with Gasteiger partial charge >= 0.3 is 0 Å². The lowest BCUT2D eigenvalue weighted by Crippen LogP contribution is -2.43. The molecule has 0 aliphatic heterocycles. The summed E-state index contributed by atoms with van der Waals surface area (Å²) in [7, 11) is 0. The van der Waals surface area contributed by atoms with Crippen molar-refractivity contribution in [3.05, 3.63) is 33.8 Å². The minimum atomic E-state index is -0.113. The fraction of sp³-hybridized carbons (Fsp3) is 0.533. The van der Waals surface area contributed by atoms with E-state index in [2.05, 4.69) is 15.6 Å². The van der Waals surface area contributed by atoms with Gasteiger partial charge < -0.3 is 10.4 Å². The number of aliphatic hydroxyl groups excluding tert-OH is 1. The highest BCUT2D eigenvalue weighted by Gasteiger charge is 2.29. The number of amides is 1. The maximum absolute atomic E-state index is 12.4. The summed E-state index contributed by atoms with van der Waals surface area (Å²) in [5, 5.41) is 20.3. The van der Waals surface area contributed by atoms with E-state index in [1.807, 2.05) is 19.1 Å². The van der Waals surface area contributed by atoms with E-state index in [9.17, 15) is 4.79 Å². The van der Waals surface area contributed by atoms with E-state index in [4.69, 9.17) is 5.11 Å². The van der Waals surface area contributed by atoms with E-state index < -0.39 is 0 Å². The second kappa shape index (κ2) is 6.58. The number of thiophene rings is 1. The molecule has 1 amide bonds. The number of nitrogens with zero attached hydrogens (tertiary/aromatic N) is 3. The Hall–Kier alpha value is -1.73. The van der Waals surface area contributed by atoms with Crippen molar-refractivity contribution in [2.75, 3.05) is 0 Å². The molecule has 1 aliphatic carbocycles. The van der Waals surface area contributed by atoms with E-state index in [1.165, 1.54) is 11.3 Å². The molecule has 7 heteroatoms. The fourth-order valence-electron chi connectivity index (χ4n) is 2.94. The van der Waals surface area contributed by atoms with Crippen molar-refractivity contribution in [1.29, 1.82) is 0 Å². The summed E-state index contributed by atoms with van der Waals surface area (Å²) in [6.07, 6.45) is 5.89. The molecular weight excluding hydrogens is 300 g/mol. The molecule has 0 aromatic carbocycles. The highest BCUT2D eigenvalue weighted by atomic mass is 32.1. The van der Waals surface area contributed by atoms with Gasteiger partial charge in [-0.05, 0) is 31.9 Å². The number of aliphatic hydroxyl groups is 1. The fourth-order valence-corrected chi connectivity index (χ4v) is 3.71. The van der Waals surface area contributed by atoms with Gasteiger partial charge in [-0.2, -0.15) is 0 Å². The summed E-state index contributed by atoms with van der Waals surface area (Å²) >= 11 is 1.51. The standard InChI is InChI=1S/C15H20N4O2S/c1-10-6-7-14(22-10)15(21)16-12-4-2-3-5-13(12)19-8-11(9-20)17-18-19/h6-8,12-13,20H,2-5,9H2,1H3,(H,16,21)/t12-,13+/m0/s1. The Morgan fingerprint density at radius 1 is 1.45 bits per heavy atom. The van der Waals surface area contributed by atoms with Crippen molar-refractivity contribution in [3.8, 4) is 0 Å². The van der Waals surface area contributed by atoms with Crippen LogP contribution >= 0.6 is 11.3 Å². The quantitative estimate of drug-likeness (QED) is 0.903. The van der Waals surface area contributed by atoms with Gasteiger partial charge in [0.05, 0.1) is 29.8 Å². The van der Waals surface area contributed by atoms with E-state index in [0.717, 1.165) is 35.4 Å². The highest BCUT2D eigenvalue weighted by Crippen LogP contribution is 2.29. The molecule has 2 heterocycles. The Morgan fingerprint density at radius 3 is 2.95 bits per heavy atom. The molecule has 2 aromatic rings. The Balaban J connectivity index is 1.73. The molecule has 1 fully saturated rings. The minimum Gasteiger partial charge on any atom is -0.390 e. The first-order valence-corrected chi connectivity index (χ1v) is 8.38. The zero-order valence-electron chi connectivity index (χ0n) is 12.5. The smallest absolute Gasteiger partial charge is 0.261 e. The van der Waals surface area contributed by atoms with Crippen LogP contribution < -0.4 is 5.32 Å². The number of carbonyl (C=O) groups is 1. The highest BCUT2D eigenvalue weighted by molar-refractivity contribution is 7.13. The first-order chi connectivity index (χ1) is 10.7. The molecule has 0 saturated heterocycles. The van der Waals surface area contributed by atoms with Gasteiger partial charge in [-0.1, -0.05) is 18.1 Å². The van der Waals surface area contributed by atoms with Gasteiger partial charge in [-0.3, -0.25) is 4.79 Å². The van der Waals surface area contributed by atoms with E-state index in [-0.39, 0.29) is 24.6 Å². The van der Waals surface area contributed by atoms with E-state index in [0.29, 0.717) is 5.69 Å². The van der Waals surface area contributed by atoms with Gasteiger partial charge in [0.15, 0.2) is 0 Å². The summed E-state index contributed by atoms with van der Waals surface area (Å²) in [4.78, 5) is 14.3. The molecule has 0 unspecified atom stereocenters. The number of carbonyl (C=O) groups excluding carboxylic acids is 1. The van der Waals surface area contributed by atoms with Crippen LogP contribution in [0.1, 0.15) is 52.0 Å². The molecule has 22 heavy (non-hydrogen) atoms. The zero-order chi connectivity index (χ0) is 15.5. The van der Waals surface area contributed by atoms with Crippen molar-refractivity contribution in [2.45, 2.75) is 51.3 Å². The molecular formula is C15H20N4O2S. The second-order valence-corrected chi connectivity index (χ2v) is 6.98. The van der Waals surface area contributed by atoms with E-state index in [1.54, 1.807) is 10.9 Å². The van der Waals surface area contributed by atoms with Crippen LogP contribution in [0.25, 0.3) is 0 Å². The number of rotatable bonds is 4. The van der Waals surface area contributed by atoms with Gasteiger partial charge in [0, 0.05) is 4.88 Å². The third-order valence-electron chi connectivity index (χ3n) is 4.07. The molecule has 0 radical (unpaired) electrons. The first-order valence-electron chi connectivity index (χ1n) is 7.56. The van der Waals surface area contributed by atoms with Gasteiger partial charge in [-0.25, -0.2) is 4.68 Å². The molecule has 2 N–H and O–H groups in total. The molecule has 1 saturated carbocycles. The molecule has 0 spiro atoms. The summed E-state index contributed by atoms with van der Waals surface area (Å²) in [5.74, 6) is -0.0162. The lowest BCUT2D eigenvalue weighted by atomic mass is 9.90. The summed E-state index contributed by atoms with van der Waals surface area (Å²) in [6.45, 7) is 1.88. The van der Waals surface area contributed by atoms with E-state index >= 15 is 0 Å². The SMILES string of the molecule is Cc1ccc(C(=O)N[C@H]2CCCC[C@H]2n2cc(CO)nn2)s1. The Kier molecular flexibility index (Phi) is 4.54. The maximum atomic E-state index is 12.4. The predicted molar refractivity (Wildman–Crippen MR) is 83.8 cm³/mol. The van der Waals surface area contributed by atoms with Crippen LogP contribution in [0.4, 0.5) is 0 Å². The molecule has 6 nitrogen and oxygen atoms in total. The van der Waals surface area contributed by atoms with Crippen LogP contribution in [-0.4, -0.2) is 32.0 Å². The Morgan fingerprint density at radius 2 is 2.27 bits per heavy atom. The minimum absolute atomic E-state index is 0.0162. The molecule has 118 valence electrons. The van der Waals surface area contributed by atoms with Crippen LogP contribution in [0.3, 0.4) is 0 Å². The Labute approximate surface area is 133 Å². The molecule has 2 atom stereocenters. The number of nitrogens with one attached hydrogen (secondary N) is 1. The number of hydrogen-bond acceptors (Lipinski definition) is 5. The van der Waals surface area contributed by atoms with Crippen LogP contribution in [0.2, 0.25) is 0 Å². The number of aromatic nitrogens is 3. The largest absolute Gasteiger partial charge is 0.390 e. The van der Waals surface area contributed by atoms with Crippen molar-refractivity contribution < 1.29 is 9.90 Å². The lowest BCUT2D eigenvalue weighted by molar-refractivity contribution is 0.0908. The van der Waals surface area contributed by atoms with Crippen molar-refractivity contribution in [2.24, 2.45) is 0 Å². The third-order valence-corrected chi connectivity index (χ3v) is 5.07. The van der Waals surface area contributed by atoms with Gasteiger partial charge in [0.2, 0.25) is 0 Å². The van der Waals surface area contributed by atoms with Crippen LogP contribution in [0.15, 0.2) is 18.3 Å². The average molecular weight is 320 g/mol. The molecule has 0 bridgehead atoms. The maximum Gasteiger partial charge on any atom is 0.261 e. The molecule has 1 aliphatic rings. The van der Waals surface area contributed by atoms with Crippen LogP contribution in [-0.2, 0) is 6.61 Å². The van der Waals surface area contributed by atoms with Crippen molar-refractivity contribution in [1.82, 2.24) is 20.3 Å². The second-order valence-electron chi connectivity index (χ2n) is 5.69. The number of hydrogen-bond donors (Lipinski definition) is 2. The summed E-state index contributed by atoms with van der Waals surface area (Å²) < 4.78 is 1.79. The van der Waals surface area contributed by atoms with Crippen molar-refractivity contribution in [3.63, 3.8) is 0 Å². The normalized spacial score (nSPS) is 21.7. The van der Waals surface area contributed by atoms with Crippen LogP contribution in [0, 0.1) is 6.92 Å². The topological polar surface area (TPSA) is 80.0 Å². The third kappa shape index (κ3) is 3.20. The number of aryl methyl sites for hydroxylation is 1. The van der Waals surface area contributed by atoms with Gasteiger partial charge in [0.25, 0.3) is 5.91 Å². The lowest BCUT2D eigenvalue weighted by Gasteiger charge is -2.31. The summed E-state index contributed by atoms with van der Waals surface area (Å²) in [5.41, 5.74) is 0.560.